The van der Waals surface area contributed by atoms with Crippen molar-refractivity contribution in [1.29, 1.82) is 0 Å². The molecule has 108 valence electrons. The zero-order chi connectivity index (χ0) is 15.4. The molecule has 6 nitrogen and oxygen atoms in total. The molecule has 2 aromatic rings. The van der Waals surface area contributed by atoms with E-state index in [1.54, 1.807) is 0 Å². The maximum Gasteiger partial charge on any atom is 0.342 e. The third-order valence-corrected chi connectivity index (χ3v) is 3.24. The molecule has 0 unspecified atom stereocenters. The Labute approximate surface area is 128 Å². The molecule has 0 aliphatic carbocycles. The van der Waals surface area contributed by atoms with Crippen LogP contribution in [0, 0.1) is 10.1 Å². The van der Waals surface area contributed by atoms with Crippen molar-refractivity contribution >= 4 is 27.6 Å². The number of carboxylic acids is 1. The number of halogens is 1. The fraction of sp³-hybridized carbons (Fsp3) is 0.0714. The number of ether oxygens (including phenoxy) is 1. The summed E-state index contributed by atoms with van der Waals surface area (Å²) in [6, 6.07) is 11.1. The van der Waals surface area contributed by atoms with Crippen LogP contribution in [0.2, 0.25) is 0 Å². The van der Waals surface area contributed by atoms with Crippen molar-refractivity contribution < 1.29 is 19.6 Å². The van der Waals surface area contributed by atoms with Crippen LogP contribution in [0.1, 0.15) is 15.9 Å². The molecule has 0 amide bonds. The second-order valence-corrected chi connectivity index (χ2v) is 5.07. The van der Waals surface area contributed by atoms with Crippen LogP contribution in [-0.4, -0.2) is 16.0 Å². The maximum absolute atomic E-state index is 11.0. The van der Waals surface area contributed by atoms with Crippen LogP contribution in [0.25, 0.3) is 0 Å². The van der Waals surface area contributed by atoms with Gasteiger partial charge in [0, 0.05) is 16.6 Å². The number of carboxylic acid groups (broad SMARTS) is 1. The topological polar surface area (TPSA) is 89.7 Å². The van der Waals surface area contributed by atoms with E-state index in [4.69, 9.17) is 9.84 Å². The van der Waals surface area contributed by atoms with Gasteiger partial charge in [-0.1, -0.05) is 28.1 Å². The van der Waals surface area contributed by atoms with Gasteiger partial charge in [0.25, 0.3) is 5.69 Å². The average molecular weight is 352 g/mol. The van der Waals surface area contributed by atoms with Gasteiger partial charge in [-0.25, -0.2) is 4.79 Å². The lowest BCUT2D eigenvalue weighted by Gasteiger charge is -2.07. The number of carbonyl (C=O) groups is 1. The number of nitro groups is 1. The molecule has 0 radical (unpaired) electrons. The van der Waals surface area contributed by atoms with Gasteiger partial charge in [0.15, 0.2) is 0 Å². The van der Waals surface area contributed by atoms with Gasteiger partial charge >= 0.3 is 5.97 Å². The minimum absolute atomic E-state index is 0.240. The minimum atomic E-state index is -1.37. The van der Waals surface area contributed by atoms with E-state index in [9.17, 15) is 14.9 Å². The van der Waals surface area contributed by atoms with Gasteiger partial charge in [0.1, 0.15) is 17.9 Å². The van der Waals surface area contributed by atoms with Gasteiger partial charge in [0.05, 0.1) is 4.92 Å². The van der Waals surface area contributed by atoms with E-state index in [1.165, 1.54) is 6.07 Å². The van der Waals surface area contributed by atoms with E-state index >= 15 is 0 Å². The van der Waals surface area contributed by atoms with Gasteiger partial charge in [-0.05, 0) is 23.8 Å². The molecule has 0 atom stereocenters. The van der Waals surface area contributed by atoms with Crippen LogP contribution in [-0.2, 0) is 6.61 Å². The summed E-state index contributed by atoms with van der Waals surface area (Å²) in [5.74, 6) is -1.10. The normalized spacial score (nSPS) is 10.1. The van der Waals surface area contributed by atoms with Crippen molar-refractivity contribution in [2.24, 2.45) is 0 Å². The van der Waals surface area contributed by atoms with E-state index in [0.29, 0.717) is 0 Å². The molecule has 0 spiro atoms. The average Bonchev–Trinajstić information content (AvgIpc) is 2.46. The lowest BCUT2D eigenvalue weighted by molar-refractivity contribution is -0.385. The van der Waals surface area contributed by atoms with Crippen molar-refractivity contribution in [2.75, 3.05) is 0 Å². The van der Waals surface area contributed by atoms with Crippen molar-refractivity contribution in [3.63, 3.8) is 0 Å². The fourth-order valence-corrected chi connectivity index (χ4v) is 1.95. The highest BCUT2D eigenvalue weighted by molar-refractivity contribution is 9.10. The summed E-state index contributed by atoms with van der Waals surface area (Å²) in [6.07, 6.45) is 0. The Balaban J connectivity index is 2.17. The van der Waals surface area contributed by atoms with E-state index in [1.807, 2.05) is 24.3 Å². The second-order valence-electron chi connectivity index (χ2n) is 4.16. The zero-order valence-corrected chi connectivity index (χ0v) is 12.2. The predicted molar refractivity (Wildman–Crippen MR) is 78.5 cm³/mol. The highest BCUT2D eigenvalue weighted by Gasteiger charge is 2.20. The molecule has 2 aromatic carbocycles. The third kappa shape index (κ3) is 3.79. The van der Waals surface area contributed by atoms with Crippen LogP contribution >= 0.6 is 15.9 Å². The van der Waals surface area contributed by atoms with E-state index < -0.39 is 22.1 Å². The number of rotatable bonds is 5. The van der Waals surface area contributed by atoms with Gasteiger partial charge in [-0.15, -0.1) is 0 Å². The molecule has 0 aliphatic heterocycles. The Morgan fingerprint density at radius 2 is 1.90 bits per heavy atom. The largest absolute Gasteiger partial charge is 0.489 e. The van der Waals surface area contributed by atoms with Crippen molar-refractivity contribution in [3.05, 3.63) is 68.2 Å². The Bertz CT molecular complexity index is 684. The summed E-state index contributed by atoms with van der Waals surface area (Å²) in [7, 11) is 0. The second kappa shape index (κ2) is 6.36. The standard InChI is InChI=1S/C14H10BrNO5/c15-10-3-1-9(2-4-10)8-21-11-5-6-13(16(19)20)12(7-11)14(17)18/h1-7H,8H2,(H,17,18). The smallest absolute Gasteiger partial charge is 0.342 e. The quantitative estimate of drug-likeness (QED) is 0.656. The molecule has 21 heavy (non-hydrogen) atoms. The Kier molecular flexibility index (Phi) is 4.54. The first-order valence-corrected chi connectivity index (χ1v) is 6.65. The molecule has 0 saturated carbocycles. The summed E-state index contributed by atoms with van der Waals surface area (Å²) in [5, 5.41) is 19.7. The number of benzene rings is 2. The number of nitrogens with zero attached hydrogens (tertiary/aromatic N) is 1. The van der Waals surface area contributed by atoms with Gasteiger partial charge < -0.3 is 9.84 Å². The van der Waals surface area contributed by atoms with Crippen LogP contribution in [0.15, 0.2) is 46.9 Å². The van der Waals surface area contributed by atoms with Gasteiger partial charge in [-0.2, -0.15) is 0 Å². The summed E-state index contributed by atoms with van der Waals surface area (Å²) in [6.45, 7) is 0.240. The molecule has 0 saturated heterocycles. The summed E-state index contributed by atoms with van der Waals surface area (Å²) < 4.78 is 6.40. The SMILES string of the molecule is O=C(O)c1cc(OCc2ccc(Br)cc2)ccc1[N+](=O)[O-]. The van der Waals surface area contributed by atoms with Crippen LogP contribution in [0.5, 0.6) is 5.75 Å². The Morgan fingerprint density at radius 1 is 1.24 bits per heavy atom. The van der Waals surface area contributed by atoms with E-state index in [0.717, 1.165) is 22.2 Å². The highest BCUT2D eigenvalue weighted by Crippen LogP contribution is 2.24. The van der Waals surface area contributed by atoms with Gasteiger partial charge in [-0.3, -0.25) is 10.1 Å². The van der Waals surface area contributed by atoms with Crippen LogP contribution in [0.4, 0.5) is 5.69 Å². The summed E-state index contributed by atoms with van der Waals surface area (Å²) in [4.78, 5) is 21.0. The first-order valence-electron chi connectivity index (χ1n) is 5.86. The van der Waals surface area contributed by atoms with Crippen LogP contribution < -0.4 is 4.74 Å². The lowest BCUT2D eigenvalue weighted by Crippen LogP contribution is -2.04. The van der Waals surface area contributed by atoms with Crippen molar-refractivity contribution in [3.8, 4) is 5.75 Å². The molecule has 0 aromatic heterocycles. The number of hydrogen-bond acceptors (Lipinski definition) is 4. The van der Waals surface area contributed by atoms with Gasteiger partial charge in [0.2, 0.25) is 0 Å². The Morgan fingerprint density at radius 3 is 2.48 bits per heavy atom. The molecular formula is C14H10BrNO5. The maximum atomic E-state index is 11.0. The lowest BCUT2D eigenvalue weighted by atomic mass is 10.1. The highest BCUT2D eigenvalue weighted by atomic mass is 79.9. The van der Waals surface area contributed by atoms with Crippen molar-refractivity contribution in [2.45, 2.75) is 6.61 Å². The molecule has 7 heteroatoms. The monoisotopic (exact) mass is 351 g/mol. The number of hydrogen-bond donors (Lipinski definition) is 1. The summed E-state index contributed by atoms with van der Waals surface area (Å²) >= 11 is 3.32. The zero-order valence-electron chi connectivity index (χ0n) is 10.7. The minimum Gasteiger partial charge on any atom is -0.489 e. The molecule has 1 N–H and O–H groups in total. The van der Waals surface area contributed by atoms with E-state index in [-0.39, 0.29) is 12.4 Å². The molecule has 0 fully saturated rings. The first-order chi connectivity index (χ1) is 9.97. The molecular weight excluding hydrogens is 342 g/mol. The first kappa shape index (κ1) is 15.0. The van der Waals surface area contributed by atoms with E-state index in [2.05, 4.69) is 15.9 Å². The predicted octanol–water partition coefficient (Wildman–Crippen LogP) is 3.63. The van der Waals surface area contributed by atoms with Crippen molar-refractivity contribution in [1.82, 2.24) is 0 Å². The fourth-order valence-electron chi connectivity index (χ4n) is 1.68. The Hall–Kier alpha value is -2.41. The number of nitro benzene ring substituents is 1. The molecule has 0 aliphatic rings. The summed E-state index contributed by atoms with van der Waals surface area (Å²) in [5.41, 5.74) is 0.0419. The molecule has 0 heterocycles. The number of aromatic carboxylic acids is 1. The van der Waals surface area contributed by atoms with Crippen LogP contribution in [0.3, 0.4) is 0 Å². The third-order valence-electron chi connectivity index (χ3n) is 2.71. The molecule has 0 bridgehead atoms. The molecule has 2 rings (SSSR count).